The fraction of sp³-hybridized carbons (Fsp3) is 0.667. The Bertz CT molecular complexity index is 665. The Morgan fingerprint density at radius 2 is 1.60 bits per heavy atom. The van der Waals surface area contributed by atoms with Crippen LogP contribution in [0.15, 0.2) is 46.9 Å². The SMILES string of the molecule is CCOP(=O)(OCC)OC1=CCCCN1C/C=C(\C)CC/C=C(\C)CCC=C(C)C. The minimum Gasteiger partial charge on any atom is -0.388 e. The van der Waals surface area contributed by atoms with Gasteiger partial charge in [0.05, 0.1) is 13.2 Å². The van der Waals surface area contributed by atoms with Gasteiger partial charge in [-0.2, -0.15) is 0 Å². The minimum absolute atomic E-state index is 0.283. The summed E-state index contributed by atoms with van der Waals surface area (Å²) in [5.74, 6) is 0.602. The van der Waals surface area contributed by atoms with Crippen molar-refractivity contribution in [2.75, 3.05) is 26.3 Å². The number of phosphoric acid groups is 1. The van der Waals surface area contributed by atoms with Crippen molar-refractivity contribution in [3.05, 3.63) is 46.9 Å². The Balaban J connectivity index is 2.57. The minimum atomic E-state index is -3.56. The molecule has 0 aliphatic carbocycles. The molecule has 0 radical (unpaired) electrons. The molecule has 0 bridgehead atoms. The van der Waals surface area contributed by atoms with Gasteiger partial charge in [-0.25, -0.2) is 4.57 Å². The third-order valence-corrected chi connectivity index (χ3v) is 6.38. The Labute approximate surface area is 184 Å². The maximum absolute atomic E-state index is 12.7. The number of rotatable bonds is 14. The van der Waals surface area contributed by atoms with Gasteiger partial charge >= 0.3 is 7.82 Å². The van der Waals surface area contributed by atoms with Crippen LogP contribution in [-0.2, 0) is 18.1 Å². The Hall–Kier alpha value is -1.29. The fourth-order valence-corrected chi connectivity index (χ4v) is 4.38. The van der Waals surface area contributed by atoms with Crippen molar-refractivity contribution in [3.63, 3.8) is 0 Å². The second kappa shape index (κ2) is 14.7. The van der Waals surface area contributed by atoms with E-state index in [2.05, 4.69) is 50.8 Å². The normalized spacial score (nSPS) is 15.8. The molecular weight excluding hydrogens is 397 g/mol. The van der Waals surface area contributed by atoms with Gasteiger partial charge in [-0.05, 0) is 86.1 Å². The molecule has 1 heterocycles. The third-order valence-electron chi connectivity index (χ3n) is 4.83. The number of phosphoric ester groups is 1. The highest BCUT2D eigenvalue weighted by atomic mass is 31.2. The summed E-state index contributed by atoms with van der Waals surface area (Å²) in [5, 5.41) is 0. The monoisotopic (exact) mass is 439 g/mol. The van der Waals surface area contributed by atoms with Crippen molar-refractivity contribution in [2.24, 2.45) is 0 Å². The average molecular weight is 440 g/mol. The van der Waals surface area contributed by atoms with Crippen LogP contribution in [0.5, 0.6) is 0 Å². The lowest BCUT2D eigenvalue weighted by Gasteiger charge is -2.31. The predicted octanol–water partition coefficient (Wildman–Crippen LogP) is 7.54. The molecule has 0 unspecified atom stereocenters. The first-order valence-electron chi connectivity index (χ1n) is 11.3. The van der Waals surface area contributed by atoms with Crippen molar-refractivity contribution in [2.45, 2.75) is 80.1 Å². The van der Waals surface area contributed by atoms with Crippen molar-refractivity contribution in [3.8, 4) is 0 Å². The average Bonchev–Trinajstić information content (AvgIpc) is 2.67. The lowest BCUT2D eigenvalue weighted by Crippen LogP contribution is -2.28. The second-order valence-electron chi connectivity index (χ2n) is 7.96. The van der Waals surface area contributed by atoms with Crippen LogP contribution in [0, 0.1) is 0 Å². The molecule has 0 N–H and O–H groups in total. The van der Waals surface area contributed by atoms with E-state index in [9.17, 15) is 4.57 Å². The Kier molecular flexibility index (Phi) is 13.1. The zero-order valence-corrected chi connectivity index (χ0v) is 20.8. The van der Waals surface area contributed by atoms with E-state index in [1.807, 2.05) is 6.08 Å². The van der Waals surface area contributed by atoms with Crippen LogP contribution in [0.4, 0.5) is 0 Å². The van der Waals surface area contributed by atoms with Gasteiger partial charge in [-0.3, -0.25) is 9.05 Å². The number of nitrogens with zero attached hydrogens (tertiary/aromatic N) is 1. The van der Waals surface area contributed by atoms with Crippen LogP contribution in [-0.4, -0.2) is 31.2 Å². The highest BCUT2D eigenvalue weighted by molar-refractivity contribution is 7.48. The highest BCUT2D eigenvalue weighted by Crippen LogP contribution is 2.51. The van der Waals surface area contributed by atoms with E-state index in [0.29, 0.717) is 5.88 Å². The second-order valence-corrected chi connectivity index (χ2v) is 9.56. The van der Waals surface area contributed by atoms with E-state index in [1.54, 1.807) is 13.8 Å². The standard InChI is InChI=1S/C24H42NO4P/c1-7-27-30(26,28-8-2)29-24-17-9-10-19-25(24)20-18-23(6)16-12-15-22(5)14-11-13-21(3)4/h13,15,17-18H,7-12,14,16,19-20H2,1-6H3/b22-15+,23-18+. The molecule has 1 rings (SSSR count). The van der Waals surface area contributed by atoms with E-state index in [4.69, 9.17) is 13.6 Å². The topological polar surface area (TPSA) is 48.0 Å². The smallest absolute Gasteiger partial charge is 0.388 e. The van der Waals surface area contributed by atoms with E-state index < -0.39 is 7.82 Å². The molecule has 0 aromatic carbocycles. The first-order valence-corrected chi connectivity index (χ1v) is 12.7. The number of hydrogen-bond donors (Lipinski definition) is 0. The summed E-state index contributed by atoms with van der Waals surface area (Å²) in [6, 6.07) is 0. The van der Waals surface area contributed by atoms with E-state index in [1.165, 1.54) is 16.7 Å². The van der Waals surface area contributed by atoms with Crippen molar-refractivity contribution in [1.82, 2.24) is 4.90 Å². The predicted molar refractivity (Wildman–Crippen MR) is 126 cm³/mol. The molecule has 0 aromatic rings. The first-order chi connectivity index (χ1) is 14.3. The van der Waals surface area contributed by atoms with Gasteiger partial charge in [0.15, 0.2) is 5.88 Å². The molecule has 30 heavy (non-hydrogen) atoms. The van der Waals surface area contributed by atoms with Crippen LogP contribution in [0.25, 0.3) is 0 Å². The maximum Gasteiger partial charge on any atom is 0.531 e. The quantitative estimate of drug-likeness (QED) is 0.207. The molecule has 0 aromatic heterocycles. The molecule has 0 saturated heterocycles. The van der Waals surface area contributed by atoms with Gasteiger partial charge in [-0.15, -0.1) is 0 Å². The van der Waals surface area contributed by atoms with Gasteiger partial charge in [0, 0.05) is 13.1 Å². The molecule has 172 valence electrons. The lowest BCUT2D eigenvalue weighted by atomic mass is 10.1. The van der Waals surface area contributed by atoms with Crippen molar-refractivity contribution in [1.29, 1.82) is 0 Å². The zero-order valence-electron chi connectivity index (χ0n) is 19.9. The summed E-state index contributed by atoms with van der Waals surface area (Å²) in [4.78, 5) is 2.11. The summed E-state index contributed by atoms with van der Waals surface area (Å²) in [6.45, 7) is 14.4. The molecule has 5 nitrogen and oxygen atoms in total. The molecule has 0 saturated carbocycles. The van der Waals surface area contributed by atoms with Crippen LogP contribution < -0.4 is 0 Å². The van der Waals surface area contributed by atoms with Crippen LogP contribution in [0.2, 0.25) is 0 Å². The molecule has 0 fully saturated rings. The maximum atomic E-state index is 12.7. The summed E-state index contributed by atoms with van der Waals surface area (Å²) in [6.07, 6.45) is 15.2. The van der Waals surface area contributed by atoms with Gasteiger partial charge in [0.1, 0.15) is 0 Å². The summed E-state index contributed by atoms with van der Waals surface area (Å²) < 4.78 is 29.0. The lowest BCUT2D eigenvalue weighted by molar-refractivity contribution is 0.111. The summed E-state index contributed by atoms with van der Waals surface area (Å²) in [5.41, 5.74) is 4.19. The molecule has 1 aliphatic rings. The fourth-order valence-electron chi connectivity index (χ4n) is 3.15. The van der Waals surface area contributed by atoms with Crippen LogP contribution >= 0.6 is 7.82 Å². The Morgan fingerprint density at radius 1 is 1.00 bits per heavy atom. The largest absolute Gasteiger partial charge is 0.531 e. The van der Waals surface area contributed by atoms with E-state index in [-0.39, 0.29) is 13.2 Å². The molecule has 1 aliphatic heterocycles. The molecule has 6 heteroatoms. The Morgan fingerprint density at radius 3 is 2.20 bits per heavy atom. The molecule has 0 atom stereocenters. The zero-order chi connectivity index (χ0) is 22.4. The van der Waals surface area contributed by atoms with Gasteiger partial charge in [0.25, 0.3) is 0 Å². The molecule has 0 spiro atoms. The van der Waals surface area contributed by atoms with Gasteiger partial charge < -0.3 is 9.42 Å². The highest BCUT2D eigenvalue weighted by Gasteiger charge is 2.30. The van der Waals surface area contributed by atoms with Crippen LogP contribution in [0.3, 0.4) is 0 Å². The third kappa shape index (κ3) is 11.2. The molecular formula is C24H42NO4P. The number of allylic oxidation sites excluding steroid dienone is 6. The summed E-state index contributed by atoms with van der Waals surface area (Å²) in [7, 11) is -3.56. The van der Waals surface area contributed by atoms with Crippen molar-refractivity contribution < 1.29 is 18.1 Å². The van der Waals surface area contributed by atoms with E-state index >= 15 is 0 Å². The molecule has 0 amide bonds. The van der Waals surface area contributed by atoms with E-state index in [0.717, 1.165) is 51.6 Å². The summed E-state index contributed by atoms with van der Waals surface area (Å²) >= 11 is 0. The van der Waals surface area contributed by atoms with Crippen LogP contribution in [0.1, 0.15) is 80.1 Å². The van der Waals surface area contributed by atoms with Gasteiger partial charge in [0.2, 0.25) is 0 Å². The first kappa shape index (κ1) is 26.7. The number of hydrogen-bond acceptors (Lipinski definition) is 5. The van der Waals surface area contributed by atoms with Gasteiger partial charge in [-0.1, -0.05) is 34.9 Å². The van der Waals surface area contributed by atoms with Crippen molar-refractivity contribution >= 4 is 7.82 Å².